The maximum absolute atomic E-state index is 13.1. The molecule has 23 heavy (non-hydrogen) atoms. The van der Waals surface area contributed by atoms with E-state index in [0.29, 0.717) is 5.56 Å². The van der Waals surface area contributed by atoms with Crippen molar-refractivity contribution in [3.63, 3.8) is 0 Å². The van der Waals surface area contributed by atoms with E-state index in [9.17, 15) is 19.1 Å². The van der Waals surface area contributed by atoms with Gasteiger partial charge in [0.1, 0.15) is 5.82 Å². The zero-order chi connectivity index (χ0) is 16.8. The molecule has 2 aromatic carbocycles. The van der Waals surface area contributed by atoms with E-state index in [2.05, 4.69) is 10.6 Å². The smallest absolute Gasteiger partial charge is 0.313 e. The lowest BCUT2D eigenvalue weighted by Gasteiger charge is -2.16. The Labute approximate surface area is 137 Å². The molecule has 7 heteroatoms. The van der Waals surface area contributed by atoms with E-state index in [-0.39, 0.29) is 17.3 Å². The van der Waals surface area contributed by atoms with Crippen LogP contribution in [0.5, 0.6) is 0 Å². The molecule has 3 N–H and O–H groups in total. The molecule has 5 nitrogen and oxygen atoms in total. The van der Waals surface area contributed by atoms with E-state index >= 15 is 0 Å². The largest absolute Gasteiger partial charge is 0.394 e. The number of aliphatic hydroxyl groups excluding tert-OH is 1. The van der Waals surface area contributed by atoms with Crippen molar-refractivity contribution in [2.75, 3.05) is 11.9 Å². The standard InChI is InChI=1S/C16H14ClFN2O3/c17-12-7-6-11(18)8-13(12)19-15(22)16(23)20-14(9-21)10-4-2-1-3-5-10/h1-8,14,21H,9H2,(H,19,22)(H,20,23)/t14-/m1/s1. The Hall–Kier alpha value is -2.44. The number of halogens is 2. The Morgan fingerprint density at radius 3 is 2.48 bits per heavy atom. The Kier molecular flexibility index (Phi) is 5.67. The first-order valence-electron chi connectivity index (χ1n) is 6.74. The SMILES string of the molecule is O=C(Nc1cc(F)ccc1Cl)C(=O)N[C@H](CO)c1ccccc1. The van der Waals surface area contributed by atoms with Crippen molar-refractivity contribution < 1.29 is 19.1 Å². The average molecular weight is 337 g/mol. The molecule has 0 saturated carbocycles. The van der Waals surface area contributed by atoms with Gasteiger partial charge in [0.05, 0.1) is 23.4 Å². The number of hydrogen-bond donors (Lipinski definition) is 3. The third-order valence-electron chi connectivity index (χ3n) is 3.07. The maximum atomic E-state index is 13.1. The molecule has 0 aliphatic rings. The molecule has 0 spiro atoms. The highest BCUT2D eigenvalue weighted by Crippen LogP contribution is 2.22. The number of aliphatic hydroxyl groups is 1. The summed E-state index contributed by atoms with van der Waals surface area (Å²) in [4.78, 5) is 23.8. The Morgan fingerprint density at radius 1 is 1.13 bits per heavy atom. The van der Waals surface area contributed by atoms with Gasteiger partial charge < -0.3 is 15.7 Å². The zero-order valence-electron chi connectivity index (χ0n) is 11.9. The first-order chi connectivity index (χ1) is 11.0. The summed E-state index contributed by atoms with van der Waals surface area (Å²) in [6.07, 6.45) is 0. The molecule has 2 aromatic rings. The van der Waals surface area contributed by atoms with Crippen molar-refractivity contribution in [1.29, 1.82) is 0 Å². The topological polar surface area (TPSA) is 78.4 Å². The van der Waals surface area contributed by atoms with E-state index in [1.165, 1.54) is 6.07 Å². The second kappa shape index (κ2) is 7.71. The molecular weight excluding hydrogens is 323 g/mol. The number of nitrogens with one attached hydrogen (secondary N) is 2. The van der Waals surface area contributed by atoms with Crippen molar-refractivity contribution in [2.45, 2.75) is 6.04 Å². The third kappa shape index (κ3) is 4.51. The fourth-order valence-corrected chi connectivity index (χ4v) is 2.08. The van der Waals surface area contributed by atoms with E-state index in [1.54, 1.807) is 30.3 Å². The molecule has 0 aliphatic carbocycles. The van der Waals surface area contributed by atoms with Gasteiger partial charge in [0.25, 0.3) is 0 Å². The molecule has 0 radical (unpaired) electrons. The molecule has 0 aromatic heterocycles. The predicted molar refractivity (Wildman–Crippen MR) is 84.5 cm³/mol. The summed E-state index contributed by atoms with van der Waals surface area (Å²) >= 11 is 5.82. The van der Waals surface area contributed by atoms with Gasteiger partial charge in [-0.1, -0.05) is 41.9 Å². The maximum Gasteiger partial charge on any atom is 0.313 e. The van der Waals surface area contributed by atoms with Crippen LogP contribution < -0.4 is 10.6 Å². The highest BCUT2D eigenvalue weighted by atomic mass is 35.5. The number of carbonyl (C=O) groups excluding carboxylic acids is 2. The second-order valence-corrected chi connectivity index (χ2v) is 5.10. The van der Waals surface area contributed by atoms with Crippen molar-refractivity contribution >= 4 is 29.1 Å². The fourth-order valence-electron chi connectivity index (χ4n) is 1.92. The Bertz CT molecular complexity index is 710. The Balaban J connectivity index is 2.05. The van der Waals surface area contributed by atoms with Gasteiger partial charge in [-0.05, 0) is 23.8 Å². The van der Waals surface area contributed by atoms with Crippen LogP contribution in [0.2, 0.25) is 5.02 Å². The summed E-state index contributed by atoms with van der Waals surface area (Å²) < 4.78 is 13.1. The number of benzene rings is 2. The van der Waals surface area contributed by atoms with Crippen LogP contribution in [0.4, 0.5) is 10.1 Å². The number of hydrogen-bond acceptors (Lipinski definition) is 3. The van der Waals surface area contributed by atoms with Gasteiger partial charge in [-0.25, -0.2) is 4.39 Å². The van der Waals surface area contributed by atoms with Crippen LogP contribution in [-0.2, 0) is 9.59 Å². The lowest BCUT2D eigenvalue weighted by molar-refractivity contribution is -0.136. The molecule has 2 amide bonds. The molecule has 0 bridgehead atoms. The van der Waals surface area contributed by atoms with Crippen LogP contribution in [0.1, 0.15) is 11.6 Å². The minimum Gasteiger partial charge on any atom is -0.394 e. The van der Waals surface area contributed by atoms with E-state index in [1.807, 2.05) is 0 Å². The van der Waals surface area contributed by atoms with Gasteiger partial charge >= 0.3 is 11.8 Å². The highest BCUT2D eigenvalue weighted by molar-refractivity contribution is 6.41. The summed E-state index contributed by atoms with van der Waals surface area (Å²) in [6.45, 7) is -0.371. The van der Waals surface area contributed by atoms with E-state index in [4.69, 9.17) is 11.6 Å². The van der Waals surface area contributed by atoms with E-state index in [0.717, 1.165) is 12.1 Å². The molecule has 1 atom stereocenters. The number of rotatable bonds is 4. The van der Waals surface area contributed by atoms with Crippen LogP contribution in [-0.4, -0.2) is 23.5 Å². The van der Waals surface area contributed by atoms with Gasteiger partial charge in [0.15, 0.2) is 0 Å². The normalized spacial score (nSPS) is 11.6. The van der Waals surface area contributed by atoms with Crippen molar-refractivity contribution in [3.8, 4) is 0 Å². The van der Waals surface area contributed by atoms with Crippen LogP contribution >= 0.6 is 11.6 Å². The second-order valence-electron chi connectivity index (χ2n) is 4.70. The summed E-state index contributed by atoms with van der Waals surface area (Å²) in [6, 6.07) is 11.4. The van der Waals surface area contributed by atoms with Gasteiger partial charge in [0.2, 0.25) is 0 Å². The van der Waals surface area contributed by atoms with Gasteiger partial charge in [-0.15, -0.1) is 0 Å². The molecule has 0 fully saturated rings. The van der Waals surface area contributed by atoms with E-state index < -0.39 is 23.7 Å². The fraction of sp³-hybridized carbons (Fsp3) is 0.125. The molecule has 120 valence electrons. The molecule has 0 aliphatic heterocycles. The zero-order valence-corrected chi connectivity index (χ0v) is 12.7. The minimum absolute atomic E-state index is 0.00734. The van der Waals surface area contributed by atoms with Crippen LogP contribution in [0.3, 0.4) is 0 Å². The summed E-state index contributed by atoms with van der Waals surface area (Å²) in [5, 5.41) is 14.1. The molecule has 2 rings (SSSR count). The molecule has 0 heterocycles. The highest BCUT2D eigenvalue weighted by Gasteiger charge is 2.20. The number of anilines is 1. The van der Waals surface area contributed by atoms with Crippen LogP contribution in [0.15, 0.2) is 48.5 Å². The van der Waals surface area contributed by atoms with Crippen LogP contribution in [0, 0.1) is 5.82 Å². The lowest BCUT2D eigenvalue weighted by atomic mass is 10.1. The van der Waals surface area contributed by atoms with Gasteiger partial charge in [-0.2, -0.15) is 0 Å². The summed E-state index contributed by atoms with van der Waals surface area (Å²) in [5.74, 6) is -2.57. The third-order valence-corrected chi connectivity index (χ3v) is 3.40. The van der Waals surface area contributed by atoms with Crippen LogP contribution in [0.25, 0.3) is 0 Å². The van der Waals surface area contributed by atoms with Gasteiger partial charge in [0, 0.05) is 0 Å². The van der Waals surface area contributed by atoms with Gasteiger partial charge in [-0.3, -0.25) is 9.59 Å². The Morgan fingerprint density at radius 2 is 1.83 bits per heavy atom. The first-order valence-corrected chi connectivity index (χ1v) is 7.11. The number of amides is 2. The molecular formula is C16H14ClFN2O3. The first kappa shape index (κ1) is 16.9. The van der Waals surface area contributed by atoms with Crippen molar-refractivity contribution in [2.24, 2.45) is 0 Å². The van der Waals surface area contributed by atoms with Crippen molar-refractivity contribution in [3.05, 3.63) is 64.9 Å². The monoisotopic (exact) mass is 336 g/mol. The predicted octanol–water partition coefficient (Wildman–Crippen LogP) is 2.27. The summed E-state index contributed by atoms with van der Waals surface area (Å²) in [5.41, 5.74) is 0.645. The summed E-state index contributed by atoms with van der Waals surface area (Å²) in [7, 11) is 0. The minimum atomic E-state index is -1.01. The lowest BCUT2D eigenvalue weighted by Crippen LogP contribution is -2.39. The number of carbonyl (C=O) groups is 2. The molecule has 0 saturated heterocycles. The molecule has 0 unspecified atom stereocenters. The van der Waals surface area contributed by atoms with Crippen molar-refractivity contribution in [1.82, 2.24) is 5.32 Å². The quantitative estimate of drug-likeness (QED) is 0.749. The average Bonchev–Trinajstić information content (AvgIpc) is 2.56.